The van der Waals surface area contributed by atoms with Crippen molar-refractivity contribution < 1.29 is 41.7 Å². The van der Waals surface area contributed by atoms with Gasteiger partial charge in [-0.25, -0.2) is 0 Å². The molecule has 4 rings (SSSR count). The predicted octanol–water partition coefficient (Wildman–Crippen LogP) is 5.53. The van der Waals surface area contributed by atoms with Crippen LogP contribution in [0.1, 0.15) is 71.6 Å². The smallest absolute Gasteiger partial charge is 0.393 e. The minimum Gasteiger partial charge on any atom is -0.393 e. The summed E-state index contributed by atoms with van der Waals surface area (Å²) < 4.78 is 79.3. The molecule has 0 unspecified atom stereocenters. The van der Waals surface area contributed by atoms with E-state index in [9.17, 15) is 41.7 Å². The summed E-state index contributed by atoms with van der Waals surface area (Å²) >= 11 is 0. The van der Waals surface area contributed by atoms with Crippen LogP contribution in [-0.2, 0) is 0 Å². The number of hydrogen-bond acceptors (Lipinski definition) is 3. The highest BCUT2D eigenvalue weighted by Gasteiger charge is 2.71. The first-order valence-electron chi connectivity index (χ1n) is 12.0. The maximum atomic E-state index is 13.2. The molecule has 0 heterocycles. The van der Waals surface area contributed by atoms with Crippen molar-refractivity contribution in [1.82, 2.24) is 0 Å². The Kier molecular flexibility index (Phi) is 6.02. The molecule has 0 aromatic carbocycles. The van der Waals surface area contributed by atoms with Crippen molar-refractivity contribution in [3.63, 3.8) is 0 Å². The van der Waals surface area contributed by atoms with Crippen LogP contribution >= 0.6 is 0 Å². The summed E-state index contributed by atoms with van der Waals surface area (Å²) in [6.45, 7) is 4.14. The summed E-state index contributed by atoms with van der Waals surface area (Å²) in [7, 11) is 0. The van der Waals surface area contributed by atoms with Gasteiger partial charge in [0.2, 0.25) is 0 Å². The molecule has 0 spiro atoms. The third-order valence-corrected chi connectivity index (χ3v) is 10.1. The highest BCUT2D eigenvalue weighted by molar-refractivity contribution is 5.25. The quantitative estimate of drug-likeness (QED) is 0.365. The largest absolute Gasteiger partial charge is 0.426 e. The molecule has 3 saturated carbocycles. The average Bonchev–Trinajstić information content (AvgIpc) is 3.04. The molecule has 0 radical (unpaired) electrons. The molecular formula is C24H34F6O3. The highest BCUT2D eigenvalue weighted by atomic mass is 19.4. The van der Waals surface area contributed by atoms with E-state index >= 15 is 0 Å². The molecule has 4 aliphatic rings. The molecule has 0 aromatic heterocycles. The maximum absolute atomic E-state index is 13.2. The van der Waals surface area contributed by atoms with Crippen molar-refractivity contribution in [1.29, 1.82) is 0 Å². The first-order chi connectivity index (χ1) is 15.0. The molecule has 190 valence electrons. The van der Waals surface area contributed by atoms with Crippen molar-refractivity contribution in [2.45, 2.75) is 102 Å². The molecule has 33 heavy (non-hydrogen) atoms. The van der Waals surface area contributed by atoms with Crippen molar-refractivity contribution >= 4 is 0 Å². The zero-order valence-electron chi connectivity index (χ0n) is 19.0. The number of rotatable bonds is 3. The summed E-state index contributed by atoms with van der Waals surface area (Å²) in [5, 5.41) is 30.4. The SMILES string of the molecule is C[C@]12CC[C@H]3[C@@H](CC=C4C[C@@H](O)CC[C@@]43C)[C@@H]1CC[C@@H]2[C@H](O)CC(O)(C(F)(F)F)C(F)(F)F. The summed E-state index contributed by atoms with van der Waals surface area (Å²) in [6.07, 6.45) is -8.18. The van der Waals surface area contributed by atoms with Crippen LogP contribution in [0.2, 0.25) is 0 Å². The third-order valence-electron chi connectivity index (χ3n) is 10.1. The molecule has 8 atom stereocenters. The number of halogens is 6. The second kappa shape index (κ2) is 7.85. The lowest BCUT2D eigenvalue weighted by atomic mass is 9.47. The van der Waals surface area contributed by atoms with Gasteiger partial charge in [0.25, 0.3) is 5.60 Å². The Labute approximate surface area is 190 Å². The van der Waals surface area contributed by atoms with Crippen LogP contribution in [0, 0.1) is 34.5 Å². The van der Waals surface area contributed by atoms with Gasteiger partial charge in [0.05, 0.1) is 12.2 Å². The van der Waals surface area contributed by atoms with E-state index in [1.807, 2.05) is 6.92 Å². The number of aliphatic hydroxyl groups is 3. The highest BCUT2D eigenvalue weighted by Crippen LogP contribution is 2.67. The zero-order chi connectivity index (χ0) is 24.6. The van der Waals surface area contributed by atoms with Gasteiger partial charge in [0, 0.05) is 6.42 Å². The molecule has 3 nitrogen and oxygen atoms in total. The molecular weight excluding hydrogens is 450 g/mol. The minimum absolute atomic E-state index is 0.0347. The standard InChI is InChI=1S/C24H34F6O3/c1-20-9-7-14(31)11-13(20)3-4-15-16-5-6-18(21(16,2)10-8-17(15)20)19(32)12-22(33,23(25,26)27)24(28,29)30/h3,14-19,31-33H,4-12H2,1-2H3/t14-,15-,16-,17-,18+,19+,20-,21-/m0/s1. The van der Waals surface area contributed by atoms with Gasteiger partial charge in [0.1, 0.15) is 0 Å². The molecule has 0 bridgehead atoms. The third kappa shape index (κ3) is 3.75. The van der Waals surface area contributed by atoms with E-state index in [0.717, 1.165) is 25.7 Å². The summed E-state index contributed by atoms with van der Waals surface area (Å²) in [6, 6.07) is 0. The van der Waals surface area contributed by atoms with Gasteiger partial charge in [-0.15, -0.1) is 0 Å². The zero-order valence-corrected chi connectivity index (χ0v) is 19.0. The second-order valence-corrected chi connectivity index (χ2v) is 11.5. The lowest BCUT2D eigenvalue weighted by Gasteiger charge is -2.58. The van der Waals surface area contributed by atoms with Gasteiger partial charge in [-0.1, -0.05) is 25.5 Å². The Balaban J connectivity index is 1.57. The number of alkyl halides is 6. The normalized spacial score (nSPS) is 42.8. The Morgan fingerprint density at radius 1 is 0.970 bits per heavy atom. The number of hydrogen-bond donors (Lipinski definition) is 3. The van der Waals surface area contributed by atoms with Crippen LogP contribution in [0.25, 0.3) is 0 Å². The van der Waals surface area contributed by atoms with E-state index in [1.165, 1.54) is 5.57 Å². The van der Waals surface area contributed by atoms with Crippen LogP contribution in [0.3, 0.4) is 0 Å². The first-order valence-corrected chi connectivity index (χ1v) is 12.0. The van der Waals surface area contributed by atoms with Crippen LogP contribution < -0.4 is 0 Å². The fourth-order valence-electron chi connectivity index (χ4n) is 8.15. The fraction of sp³-hybridized carbons (Fsp3) is 0.917. The number of fused-ring (bicyclic) bond motifs is 5. The van der Waals surface area contributed by atoms with E-state index in [2.05, 4.69) is 13.0 Å². The van der Waals surface area contributed by atoms with Crippen LogP contribution in [0.5, 0.6) is 0 Å². The molecule has 0 saturated heterocycles. The van der Waals surface area contributed by atoms with E-state index in [0.29, 0.717) is 31.6 Å². The summed E-state index contributed by atoms with van der Waals surface area (Å²) in [5.74, 6) is -0.0106. The van der Waals surface area contributed by atoms with Gasteiger partial charge < -0.3 is 15.3 Å². The van der Waals surface area contributed by atoms with Crippen molar-refractivity contribution in [2.24, 2.45) is 34.5 Å². The fourth-order valence-corrected chi connectivity index (χ4v) is 8.15. The van der Waals surface area contributed by atoms with Crippen molar-refractivity contribution in [3.8, 4) is 0 Å². The number of aliphatic hydroxyl groups excluding tert-OH is 2. The summed E-state index contributed by atoms with van der Waals surface area (Å²) in [5.41, 5.74) is -4.26. The minimum atomic E-state index is -5.92. The summed E-state index contributed by atoms with van der Waals surface area (Å²) in [4.78, 5) is 0. The van der Waals surface area contributed by atoms with Crippen LogP contribution in [0.4, 0.5) is 26.3 Å². The second-order valence-electron chi connectivity index (χ2n) is 11.5. The van der Waals surface area contributed by atoms with E-state index in [4.69, 9.17) is 0 Å². The van der Waals surface area contributed by atoms with E-state index < -0.39 is 41.8 Å². The van der Waals surface area contributed by atoms with Gasteiger partial charge in [-0.05, 0) is 85.9 Å². The Morgan fingerprint density at radius 2 is 1.61 bits per heavy atom. The molecule has 4 aliphatic carbocycles. The lowest BCUT2D eigenvalue weighted by Crippen LogP contribution is -2.59. The predicted molar refractivity (Wildman–Crippen MR) is 109 cm³/mol. The Hall–Kier alpha value is -0.800. The molecule has 0 aliphatic heterocycles. The lowest BCUT2D eigenvalue weighted by molar-refractivity contribution is -0.375. The molecule has 9 heteroatoms. The van der Waals surface area contributed by atoms with Gasteiger partial charge in [-0.3, -0.25) is 0 Å². The van der Waals surface area contributed by atoms with Gasteiger partial charge >= 0.3 is 12.4 Å². The maximum Gasteiger partial charge on any atom is 0.426 e. The van der Waals surface area contributed by atoms with Crippen molar-refractivity contribution in [2.75, 3.05) is 0 Å². The first kappa shape index (κ1) is 25.3. The van der Waals surface area contributed by atoms with Gasteiger partial charge in [-0.2, -0.15) is 26.3 Å². The monoisotopic (exact) mass is 484 g/mol. The number of allylic oxidation sites excluding steroid dienone is 1. The van der Waals surface area contributed by atoms with Crippen LogP contribution in [-0.4, -0.2) is 45.5 Å². The van der Waals surface area contributed by atoms with E-state index in [1.54, 1.807) is 0 Å². The topological polar surface area (TPSA) is 60.7 Å². The van der Waals surface area contributed by atoms with E-state index in [-0.39, 0.29) is 23.4 Å². The molecule has 3 fully saturated rings. The molecule has 0 amide bonds. The average molecular weight is 485 g/mol. The Morgan fingerprint density at radius 3 is 2.21 bits per heavy atom. The van der Waals surface area contributed by atoms with Crippen molar-refractivity contribution in [3.05, 3.63) is 11.6 Å². The molecule has 0 aromatic rings. The Bertz CT molecular complexity index is 778. The van der Waals surface area contributed by atoms with Gasteiger partial charge in [0.15, 0.2) is 0 Å². The van der Waals surface area contributed by atoms with Crippen LogP contribution in [0.15, 0.2) is 11.6 Å². The molecule has 3 N–H and O–H groups in total.